The number of thiazole rings is 1. The number of hydrogen-bond donors (Lipinski definition) is 1. The number of nitrogens with zero attached hydrogens (tertiary/aromatic N) is 2. The van der Waals surface area contributed by atoms with Crippen LogP contribution in [0.25, 0.3) is 10.2 Å². The molecule has 2 heterocycles. The highest BCUT2D eigenvalue weighted by molar-refractivity contribution is 7.22. The van der Waals surface area contributed by atoms with Crippen molar-refractivity contribution in [3.05, 3.63) is 53.6 Å². The summed E-state index contributed by atoms with van der Waals surface area (Å²) in [5, 5.41) is 3.20. The average molecular weight is 395 g/mol. The molecule has 1 aromatic heterocycles. The Morgan fingerprint density at radius 3 is 2.54 bits per heavy atom. The number of aromatic nitrogens is 1. The first-order chi connectivity index (χ1) is 13.6. The minimum atomic E-state index is -0.364. The largest absolute Gasteiger partial charge is 0.494 e. The van der Waals surface area contributed by atoms with E-state index in [0.717, 1.165) is 20.9 Å². The summed E-state index contributed by atoms with van der Waals surface area (Å²) >= 11 is 1.34. The molecule has 28 heavy (non-hydrogen) atoms. The summed E-state index contributed by atoms with van der Waals surface area (Å²) < 4.78 is 6.37. The first-order valence-corrected chi connectivity index (χ1v) is 9.67. The van der Waals surface area contributed by atoms with Gasteiger partial charge in [-0.15, -0.1) is 0 Å². The van der Waals surface area contributed by atoms with Crippen LogP contribution in [0.1, 0.15) is 34.1 Å². The van der Waals surface area contributed by atoms with Crippen LogP contribution in [0.5, 0.6) is 5.75 Å². The number of imide groups is 1. The standard InChI is InChI=1S/C20H17N3O4S/c1-2-27-12-7-8-15-16(11-12)28-20(21-15)22-17(24)9-10-23-18(25)13-5-3-4-6-14(13)19(23)26/h3-8,11H,2,9-10H2,1H3,(H,21,22,24). The van der Waals surface area contributed by atoms with Crippen molar-refractivity contribution < 1.29 is 19.1 Å². The van der Waals surface area contributed by atoms with Gasteiger partial charge in [0.2, 0.25) is 5.91 Å². The highest BCUT2D eigenvalue weighted by Gasteiger charge is 2.34. The lowest BCUT2D eigenvalue weighted by molar-refractivity contribution is -0.116. The van der Waals surface area contributed by atoms with Crippen molar-refractivity contribution in [2.45, 2.75) is 13.3 Å². The molecule has 142 valence electrons. The molecule has 4 rings (SSSR count). The van der Waals surface area contributed by atoms with E-state index < -0.39 is 0 Å². The Bertz CT molecular complexity index is 1060. The molecule has 1 aliphatic rings. The number of carbonyl (C=O) groups is 3. The number of carbonyl (C=O) groups excluding carboxylic acids is 3. The Morgan fingerprint density at radius 2 is 1.86 bits per heavy atom. The summed E-state index contributed by atoms with van der Waals surface area (Å²) in [6.07, 6.45) is 0.00555. The van der Waals surface area contributed by atoms with Crippen LogP contribution in [-0.2, 0) is 4.79 Å². The number of nitrogens with one attached hydrogen (secondary N) is 1. The molecule has 3 aromatic rings. The van der Waals surface area contributed by atoms with E-state index in [0.29, 0.717) is 22.9 Å². The van der Waals surface area contributed by atoms with Gasteiger partial charge in [0.1, 0.15) is 5.75 Å². The van der Waals surface area contributed by atoms with Crippen molar-refractivity contribution in [3.63, 3.8) is 0 Å². The van der Waals surface area contributed by atoms with Gasteiger partial charge in [0.25, 0.3) is 11.8 Å². The molecule has 0 aliphatic carbocycles. The van der Waals surface area contributed by atoms with Gasteiger partial charge in [0, 0.05) is 13.0 Å². The van der Waals surface area contributed by atoms with Gasteiger partial charge < -0.3 is 10.1 Å². The van der Waals surface area contributed by atoms with E-state index in [1.54, 1.807) is 24.3 Å². The van der Waals surface area contributed by atoms with Crippen molar-refractivity contribution in [1.29, 1.82) is 0 Å². The van der Waals surface area contributed by atoms with Crippen molar-refractivity contribution in [2.24, 2.45) is 0 Å². The van der Waals surface area contributed by atoms with Crippen LogP contribution in [0.4, 0.5) is 5.13 Å². The number of rotatable bonds is 6. The summed E-state index contributed by atoms with van der Waals surface area (Å²) in [6, 6.07) is 12.2. The van der Waals surface area contributed by atoms with Crippen LogP contribution in [0, 0.1) is 0 Å². The summed E-state index contributed by atoms with van der Waals surface area (Å²) in [4.78, 5) is 42.4. The van der Waals surface area contributed by atoms with Gasteiger partial charge in [0.05, 0.1) is 28.0 Å². The molecule has 2 aromatic carbocycles. The zero-order valence-electron chi connectivity index (χ0n) is 15.1. The Hall–Kier alpha value is -3.26. The maximum Gasteiger partial charge on any atom is 0.261 e. The van der Waals surface area contributed by atoms with E-state index in [1.807, 2.05) is 25.1 Å². The van der Waals surface area contributed by atoms with Gasteiger partial charge in [-0.25, -0.2) is 4.98 Å². The van der Waals surface area contributed by atoms with Gasteiger partial charge >= 0.3 is 0 Å². The lowest BCUT2D eigenvalue weighted by Crippen LogP contribution is -2.32. The topological polar surface area (TPSA) is 88.6 Å². The quantitative estimate of drug-likeness (QED) is 0.647. The Kier molecular flexibility index (Phi) is 4.79. The number of amides is 3. The fourth-order valence-corrected chi connectivity index (χ4v) is 3.96. The molecule has 0 saturated heterocycles. The normalized spacial score (nSPS) is 13.1. The van der Waals surface area contributed by atoms with Crippen molar-refractivity contribution in [1.82, 2.24) is 9.88 Å². The van der Waals surface area contributed by atoms with E-state index in [4.69, 9.17) is 4.74 Å². The van der Waals surface area contributed by atoms with Crippen LogP contribution >= 0.6 is 11.3 Å². The first-order valence-electron chi connectivity index (χ1n) is 8.85. The fraction of sp³-hybridized carbons (Fsp3) is 0.200. The summed E-state index contributed by atoms with van der Waals surface area (Å²) in [5.74, 6) is -0.281. The lowest BCUT2D eigenvalue weighted by Gasteiger charge is -2.12. The third kappa shape index (κ3) is 3.34. The van der Waals surface area contributed by atoms with E-state index in [9.17, 15) is 14.4 Å². The van der Waals surface area contributed by atoms with Gasteiger partial charge in [-0.3, -0.25) is 19.3 Å². The van der Waals surface area contributed by atoms with Crippen LogP contribution in [0.15, 0.2) is 42.5 Å². The first kappa shape index (κ1) is 18.1. The Balaban J connectivity index is 1.39. The number of fused-ring (bicyclic) bond motifs is 2. The van der Waals surface area contributed by atoms with E-state index in [1.165, 1.54) is 11.3 Å². The van der Waals surface area contributed by atoms with Crippen LogP contribution in [0.3, 0.4) is 0 Å². The van der Waals surface area contributed by atoms with Gasteiger partial charge in [-0.1, -0.05) is 23.5 Å². The van der Waals surface area contributed by atoms with Crippen molar-refractivity contribution in [2.75, 3.05) is 18.5 Å². The minimum Gasteiger partial charge on any atom is -0.494 e. The SMILES string of the molecule is CCOc1ccc2nc(NC(=O)CCN3C(=O)c4ccccc4C3=O)sc2c1. The molecule has 0 radical (unpaired) electrons. The Morgan fingerprint density at radius 1 is 1.14 bits per heavy atom. The fourth-order valence-electron chi connectivity index (χ4n) is 3.05. The van der Waals surface area contributed by atoms with Crippen LogP contribution in [0.2, 0.25) is 0 Å². The summed E-state index contributed by atoms with van der Waals surface area (Å²) in [7, 11) is 0. The molecular formula is C20H17N3O4S. The molecule has 0 spiro atoms. The summed E-state index contributed by atoms with van der Waals surface area (Å²) in [5.41, 5.74) is 1.53. The second kappa shape index (κ2) is 7.40. The number of ether oxygens (including phenoxy) is 1. The van der Waals surface area contributed by atoms with E-state index in [2.05, 4.69) is 10.3 Å². The zero-order chi connectivity index (χ0) is 19.7. The molecule has 0 bridgehead atoms. The molecule has 0 atom stereocenters. The maximum absolute atomic E-state index is 12.3. The average Bonchev–Trinajstić information content (AvgIpc) is 3.19. The monoisotopic (exact) mass is 395 g/mol. The smallest absolute Gasteiger partial charge is 0.261 e. The number of hydrogen-bond acceptors (Lipinski definition) is 6. The minimum absolute atomic E-state index is 0.00555. The molecule has 1 N–H and O–H groups in total. The van der Waals surface area contributed by atoms with Crippen LogP contribution in [-0.4, -0.2) is 40.8 Å². The molecule has 0 fully saturated rings. The third-order valence-electron chi connectivity index (χ3n) is 4.36. The molecule has 0 saturated carbocycles. The highest BCUT2D eigenvalue weighted by atomic mass is 32.1. The predicted octanol–water partition coefficient (Wildman–Crippen LogP) is 3.32. The molecule has 7 nitrogen and oxygen atoms in total. The van der Waals surface area contributed by atoms with Crippen molar-refractivity contribution >= 4 is 44.4 Å². The van der Waals surface area contributed by atoms with Gasteiger partial charge in [-0.2, -0.15) is 0 Å². The summed E-state index contributed by atoms with van der Waals surface area (Å²) in [6.45, 7) is 2.51. The molecule has 3 amide bonds. The highest BCUT2D eigenvalue weighted by Crippen LogP contribution is 2.29. The predicted molar refractivity (Wildman–Crippen MR) is 106 cm³/mol. The van der Waals surface area contributed by atoms with Crippen molar-refractivity contribution in [3.8, 4) is 5.75 Å². The second-order valence-electron chi connectivity index (χ2n) is 6.19. The number of benzene rings is 2. The Labute approximate surface area is 164 Å². The van der Waals surface area contributed by atoms with E-state index in [-0.39, 0.29) is 30.7 Å². The zero-order valence-corrected chi connectivity index (χ0v) is 15.9. The molecule has 8 heteroatoms. The third-order valence-corrected chi connectivity index (χ3v) is 5.29. The van der Waals surface area contributed by atoms with Crippen LogP contribution < -0.4 is 10.1 Å². The molecular weight excluding hydrogens is 378 g/mol. The number of anilines is 1. The lowest BCUT2D eigenvalue weighted by atomic mass is 10.1. The van der Waals surface area contributed by atoms with Gasteiger partial charge in [0.15, 0.2) is 5.13 Å². The second-order valence-corrected chi connectivity index (χ2v) is 7.22. The maximum atomic E-state index is 12.3. The molecule has 0 unspecified atom stereocenters. The van der Waals surface area contributed by atoms with Gasteiger partial charge in [-0.05, 0) is 37.3 Å². The molecule has 1 aliphatic heterocycles. The van der Waals surface area contributed by atoms with E-state index >= 15 is 0 Å².